The normalized spacial score (nSPS) is 23.2. The Kier molecular flexibility index (Phi) is 3.55. The van der Waals surface area contributed by atoms with E-state index in [1.807, 2.05) is 24.3 Å². The van der Waals surface area contributed by atoms with E-state index in [-0.39, 0.29) is 0 Å². The highest BCUT2D eigenvalue weighted by molar-refractivity contribution is 5.72. The average Bonchev–Trinajstić information content (AvgIpc) is 2.98. The zero-order valence-corrected chi connectivity index (χ0v) is 12.6. The zero-order chi connectivity index (χ0) is 14.2. The lowest BCUT2D eigenvalue weighted by atomic mass is 9.76. The monoisotopic (exact) mass is 272 g/mol. The van der Waals surface area contributed by atoms with Crippen molar-refractivity contribution in [2.24, 2.45) is 11.3 Å². The minimum Gasteiger partial charge on any atom is -0.441 e. The number of nitrogens with zero attached hydrogens (tertiary/aromatic N) is 1. The van der Waals surface area contributed by atoms with E-state index < -0.39 is 0 Å². The van der Waals surface area contributed by atoms with Crippen molar-refractivity contribution in [2.75, 3.05) is 7.05 Å². The van der Waals surface area contributed by atoms with Crippen molar-refractivity contribution >= 4 is 11.1 Å². The Labute approximate surface area is 120 Å². The first-order valence-corrected chi connectivity index (χ1v) is 7.62. The molecule has 1 aromatic heterocycles. The van der Waals surface area contributed by atoms with Crippen molar-refractivity contribution in [1.29, 1.82) is 0 Å². The second-order valence-electron chi connectivity index (χ2n) is 6.66. The number of benzene rings is 1. The van der Waals surface area contributed by atoms with Crippen LogP contribution in [0.4, 0.5) is 0 Å². The second-order valence-corrected chi connectivity index (χ2v) is 6.66. The molecular weight excluding hydrogens is 248 g/mol. The third-order valence-corrected chi connectivity index (χ3v) is 4.93. The number of nitrogens with one attached hydrogen (secondary N) is 1. The Morgan fingerprint density at radius 3 is 2.85 bits per heavy atom. The first kappa shape index (κ1) is 13.6. The molecule has 3 heteroatoms. The van der Waals surface area contributed by atoms with Crippen LogP contribution in [-0.2, 0) is 6.42 Å². The van der Waals surface area contributed by atoms with Crippen LogP contribution in [0.15, 0.2) is 28.7 Å². The van der Waals surface area contributed by atoms with E-state index in [1.54, 1.807) is 0 Å². The van der Waals surface area contributed by atoms with Crippen LogP contribution >= 0.6 is 0 Å². The van der Waals surface area contributed by atoms with Crippen molar-refractivity contribution in [3.63, 3.8) is 0 Å². The summed E-state index contributed by atoms with van der Waals surface area (Å²) in [6.45, 7) is 4.78. The van der Waals surface area contributed by atoms with Crippen molar-refractivity contribution in [2.45, 2.75) is 45.6 Å². The fraction of sp³-hybridized carbons (Fsp3) is 0.588. The molecule has 20 heavy (non-hydrogen) atoms. The summed E-state index contributed by atoms with van der Waals surface area (Å²) in [5.41, 5.74) is 2.27. The van der Waals surface area contributed by atoms with E-state index in [9.17, 15) is 0 Å². The molecule has 3 nitrogen and oxygen atoms in total. The minimum atomic E-state index is 0.416. The van der Waals surface area contributed by atoms with Crippen LogP contribution in [0.2, 0.25) is 0 Å². The maximum atomic E-state index is 5.88. The van der Waals surface area contributed by atoms with Crippen LogP contribution in [0.5, 0.6) is 0 Å². The van der Waals surface area contributed by atoms with Crippen LogP contribution in [0.1, 0.15) is 39.0 Å². The van der Waals surface area contributed by atoms with E-state index in [1.165, 1.54) is 19.3 Å². The zero-order valence-electron chi connectivity index (χ0n) is 12.6. The number of likely N-dealkylation sites (N-methyl/N-ethyl adjacent to an activating group) is 1. The summed E-state index contributed by atoms with van der Waals surface area (Å²) < 4.78 is 5.88. The topological polar surface area (TPSA) is 38.1 Å². The summed E-state index contributed by atoms with van der Waals surface area (Å²) in [5, 5.41) is 3.49. The SMILES string of the molecule is CNC(Cc1nc2ccccc2o1)C1CCCC1(C)C. The predicted molar refractivity (Wildman–Crippen MR) is 81.7 cm³/mol. The average molecular weight is 272 g/mol. The molecule has 2 aromatic rings. The van der Waals surface area contributed by atoms with E-state index in [0.717, 1.165) is 23.4 Å². The molecule has 1 fully saturated rings. The minimum absolute atomic E-state index is 0.416. The Bertz CT molecular complexity index is 554. The molecule has 2 unspecified atom stereocenters. The number of fused-ring (bicyclic) bond motifs is 1. The number of aromatic nitrogens is 1. The predicted octanol–water partition coefficient (Wildman–Crippen LogP) is 3.78. The maximum absolute atomic E-state index is 5.88. The highest BCUT2D eigenvalue weighted by Crippen LogP contribution is 2.44. The van der Waals surface area contributed by atoms with Gasteiger partial charge in [0.15, 0.2) is 11.5 Å². The summed E-state index contributed by atoms with van der Waals surface area (Å²) in [5.74, 6) is 1.55. The smallest absolute Gasteiger partial charge is 0.197 e. The van der Waals surface area contributed by atoms with Gasteiger partial charge in [-0.15, -0.1) is 0 Å². The van der Waals surface area contributed by atoms with E-state index in [2.05, 4.69) is 31.2 Å². The lowest BCUT2D eigenvalue weighted by molar-refractivity contribution is 0.196. The Balaban J connectivity index is 1.80. The first-order valence-electron chi connectivity index (χ1n) is 7.62. The Hall–Kier alpha value is -1.35. The van der Waals surface area contributed by atoms with Crippen LogP contribution < -0.4 is 5.32 Å². The maximum Gasteiger partial charge on any atom is 0.197 e. The highest BCUT2D eigenvalue weighted by Gasteiger charge is 2.39. The van der Waals surface area contributed by atoms with Crippen LogP contribution in [0, 0.1) is 11.3 Å². The van der Waals surface area contributed by atoms with Gasteiger partial charge < -0.3 is 9.73 Å². The van der Waals surface area contributed by atoms with Gasteiger partial charge in [-0.2, -0.15) is 0 Å². The fourth-order valence-corrected chi connectivity index (χ4v) is 3.74. The third-order valence-electron chi connectivity index (χ3n) is 4.93. The lowest BCUT2D eigenvalue weighted by Gasteiger charge is -2.33. The lowest BCUT2D eigenvalue weighted by Crippen LogP contribution is -2.40. The first-order chi connectivity index (χ1) is 9.60. The molecule has 3 rings (SSSR count). The second kappa shape index (κ2) is 5.21. The molecule has 1 N–H and O–H groups in total. The standard InChI is InChI=1S/C17H24N2O/c1-17(2)10-6-7-12(17)14(18-3)11-16-19-13-8-4-5-9-15(13)20-16/h4-5,8-9,12,14,18H,6-7,10-11H2,1-3H3. The van der Waals surface area contributed by atoms with Gasteiger partial charge in [0.1, 0.15) is 5.52 Å². The molecule has 0 amide bonds. The summed E-state index contributed by atoms with van der Waals surface area (Å²) in [6.07, 6.45) is 4.84. The molecule has 1 heterocycles. The van der Waals surface area contributed by atoms with Crippen molar-refractivity contribution < 1.29 is 4.42 Å². The molecule has 0 spiro atoms. The summed E-state index contributed by atoms with van der Waals surface area (Å²) in [7, 11) is 2.06. The van der Waals surface area contributed by atoms with Crippen LogP contribution in [0.3, 0.4) is 0 Å². The molecule has 1 aromatic carbocycles. The molecule has 2 atom stereocenters. The molecule has 1 aliphatic rings. The Morgan fingerprint density at radius 2 is 2.20 bits per heavy atom. The van der Waals surface area contributed by atoms with E-state index in [0.29, 0.717) is 17.4 Å². The van der Waals surface area contributed by atoms with Crippen molar-refractivity contribution in [1.82, 2.24) is 10.3 Å². The van der Waals surface area contributed by atoms with Crippen LogP contribution in [-0.4, -0.2) is 18.1 Å². The van der Waals surface area contributed by atoms with Gasteiger partial charge in [0.05, 0.1) is 0 Å². The van der Waals surface area contributed by atoms with Crippen molar-refractivity contribution in [3.8, 4) is 0 Å². The number of oxazole rings is 1. The highest BCUT2D eigenvalue weighted by atomic mass is 16.3. The molecular formula is C17H24N2O. The molecule has 0 bridgehead atoms. The fourth-order valence-electron chi connectivity index (χ4n) is 3.74. The number of para-hydroxylation sites is 2. The van der Waals surface area contributed by atoms with Crippen molar-refractivity contribution in [3.05, 3.63) is 30.2 Å². The molecule has 1 saturated carbocycles. The summed E-state index contributed by atoms with van der Waals surface area (Å²) in [6, 6.07) is 8.44. The van der Waals surface area contributed by atoms with Gasteiger partial charge in [0.2, 0.25) is 0 Å². The van der Waals surface area contributed by atoms with Gasteiger partial charge in [-0.3, -0.25) is 0 Å². The molecule has 0 radical (unpaired) electrons. The summed E-state index contributed by atoms with van der Waals surface area (Å²) >= 11 is 0. The molecule has 0 aliphatic heterocycles. The largest absolute Gasteiger partial charge is 0.441 e. The van der Waals surface area contributed by atoms with E-state index in [4.69, 9.17) is 4.42 Å². The molecule has 0 saturated heterocycles. The summed E-state index contributed by atoms with van der Waals surface area (Å²) in [4.78, 5) is 4.61. The number of hydrogen-bond donors (Lipinski definition) is 1. The van der Waals surface area contributed by atoms with Crippen LogP contribution in [0.25, 0.3) is 11.1 Å². The van der Waals surface area contributed by atoms with Gasteiger partial charge in [-0.05, 0) is 43.4 Å². The van der Waals surface area contributed by atoms with Gasteiger partial charge in [-0.1, -0.05) is 32.4 Å². The Morgan fingerprint density at radius 1 is 1.40 bits per heavy atom. The third kappa shape index (κ3) is 2.47. The van der Waals surface area contributed by atoms with Gasteiger partial charge >= 0.3 is 0 Å². The van der Waals surface area contributed by atoms with Gasteiger partial charge in [0, 0.05) is 12.5 Å². The number of rotatable bonds is 4. The molecule has 108 valence electrons. The quantitative estimate of drug-likeness (QED) is 0.920. The van der Waals surface area contributed by atoms with Gasteiger partial charge in [0.25, 0.3) is 0 Å². The van der Waals surface area contributed by atoms with E-state index >= 15 is 0 Å². The van der Waals surface area contributed by atoms with Gasteiger partial charge in [-0.25, -0.2) is 4.98 Å². The number of hydrogen-bond acceptors (Lipinski definition) is 3. The molecule has 1 aliphatic carbocycles.